The van der Waals surface area contributed by atoms with Gasteiger partial charge in [0.05, 0.1) is 6.10 Å². The van der Waals surface area contributed by atoms with E-state index in [9.17, 15) is 8.42 Å². The number of hydrogen-bond acceptors (Lipinski definition) is 3. The third-order valence-corrected chi connectivity index (χ3v) is 4.03. The van der Waals surface area contributed by atoms with Crippen LogP contribution in [0.3, 0.4) is 0 Å². The van der Waals surface area contributed by atoms with Crippen LogP contribution in [-0.4, -0.2) is 19.1 Å². The van der Waals surface area contributed by atoms with Gasteiger partial charge in [-0.1, -0.05) is 78.1 Å². The van der Waals surface area contributed by atoms with E-state index >= 15 is 0 Å². The van der Waals surface area contributed by atoms with Gasteiger partial charge >= 0.3 is 10.4 Å². The van der Waals surface area contributed by atoms with Gasteiger partial charge in [-0.05, 0) is 12.8 Å². The molecule has 0 amide bonds. The monoisotopic (exact) mass is 308 g/mol. The molecule has 122 valence electrons. The molecule has 0 aliphatic heterocycles. The molecule has 0 saturated carbocycles. The molecule has 1 unspecified atom stereocenters. The first-order valence-electron chi connectivity index (χ1n) is 8.15. The maximum absolute atomic E-state index is 10.8. The lowest BCUT2D eigenvalue weighted by molar-refractivity contribution is 0.157. The van der Waals surface area contributed by atoms with E-state index in [0.717, 1.165) is 38.5 Å². The second-order valence-electron chi connectivity index (χ2n) is 5.55. The fraction of sp³-hybridized carbons (Fsp3) is 1.00. The van der Waals surface area contributed by atoms with Gasteiger partial charge < -0.3 is 0 Å². The van der Waals surface area contributed by atoms with Crippen molar-refractivity contribution < 1.29 is 17.2 Å². The lowest BCUT2D eigenvalue weighted by Gasteiger charge is -2.15. The minimum Gasteiger partial charge on any atom is -0.264 e. The SMILES string of the molecule is CCCCCCCCCC(CCCCC)OS(=O)(=O)O. The number of unbranched alkanes of at least 4 members (excludes halogenated alkanes) is 8. The number of hydrogen-bond donors (Lipinski definition) is 1. The van der Waals surface area contributed by atoms with E-state index < -0.39 is 10.4 Å². The van der Waals surface area contributed by atoms with Crippen molar-refractivity contribution in [1.29, 1.82) is 0 Å². The van der Waals surface area contributed by atoms with Gasteiger partial charge in [0.1, 0.15) is 0 Å². The Bertz CT molecular complexity index is 301. The van der Waals surface area contributed by atoms with Crippen molar-refractivity contribution in [3.05, 3.63) is 0 Å². The summed E-state index contributed by atoms with van der Waals surface area (Å²) >= 11 is 0. The molecule has 0 radical (unpaired) electrons. The summed E-state index contributed by atoms with van der Waals surface area (Å²) in [6.45, 7) is 4.31. The fourth-order valence-corrected chi connectivity index (χ4v) is 2.90. The zero-order valence-corrected chi connectivity index (χ0v) is 14.0. The fourth-order valence-electron chi connectivity index (χ4n) is 2.36. The van der Waals surface area contributed by atoms with Gasteiger partial charge in [-0.25, -0.2) is 4.18 Å². The summed E-state index contributed by atoms with van der Waals surface area (Å²) in [7, 11) is -4.32. The van der Waals surface area contributed by atoms with Crippen LogP contribution in [0, 0.1) is 0 Å². The van der Waals surface area contributed by atoms with E-state index in [1.54, 1.807) is 0 Å². The second kappa shape index (κ2) is 12.6. The van der Waals surface area contributed by atoms with E-state index in [-0.39, 0.29) is 6.10 Å². The van der Waals surface area contributed by atoms with Crippen molar-refractivity contribution in [3.63, 3.8) is 0 Å². The molecule has 0 aromatic rings. The van der Waals surface area contributed by atoms with Crippen molar-refractivity contribution in [2.24, 2.45) is 0 Å². The lowest BCUT2D eigenvalue weighted by atomic mass is 10.0. The highest BCUT2D eigenvalue weighted by Gasteiger charge is 2.16. The van der Waals surface area contributed by atoms with Crippen LogP contribution in [0.4, 0.5) is 0 Å². The molecule has 5 heteroatoms. The quantitative estimate of drug-likeness (QED) is 0.366. The predicted molar refractivity (Wildman–Crippen MR) is 83.2 cm³/mol. The molecular weight excluding hydrogens is 276 g/mol. The average molecular weight is 308 g/mol. The first-order chi connectivity index (χ1) is 9.49. The summed E-state index contributed by atoms with van der Waals surface area (Å²) in [5.41, 5.74) is 0. The molecule has 0 aromatic carbocycles. The zero-order valence-electron chi connectivity index (χ0n) is 13.1. The Hall–Kier alpha value is -0.130. The van der Waals surface area contributed by atoms with E-state index in [1.165, 1.54) is 32.1 Å². The minimum absolute atomic E-state index is 0.354. The van der Waals surface area contributed by atoms with Crippen LogP contribution in [0.5, 0.6) is 0 Å². The summed E-state index contributed by atoms with van der Waals surface area (Å²) in [5, 5.41) is 0. The van der Waals surface area contributed by atoms with Crippen molar-refractivity contribution in [3.8, 4) is 0 Å². The van der Waals surface area contributed by atoms with Crippen LogP contribution in [0.15, 0.2) is 0 Å². The maximum Gasteiger partial charge on any atom is 0.397 e. The molecule has 4 nitrogen and oxygen atoms in total. The highest BCUT2D eigenvalue weighted by atomic mass is 32.3. The van der Waals surface area contributed by atoms with E-state index in [4.69, 9.17) is 8.74 Å². The first kappa shape index (κ1) is 19.9. The van der Waals surface area contributed by atoms with Crippen LogP contribution in [-0.2, 0) is 14.6 Å². The third kappa shape index (κ3) is 14.3. The van der Waals surface area contributed by atoms with Crippen LogP contribution >= 0.6 is 0 Å². The number of rotatable bonds is 14. The molecule has 0 saturated heterocycles. The molecule has 0 aliphatic carbocycles. The maximum atomic E-state index is 10.8. The zero-order chi connectivity index (χ0) is 15.3. The van der Waals surface area contributed by atoms with E-state index in [2.05, 4.69) is 13.8 Å². The molecule has 0 rings (SSSR count). The second-order valence-corrected chi connectivity index (χ2v) is 6.60. The van der Waals surface area contributed by atoms with E-state index in [1.807, 2.05) is 0 Å². The molecule has 1 N–H and O–H groups in total. The topological polar surface area (TPSA) is 63.6 Å². The van der Waals surface area contributed by atoms with Gasteiger partial charge in [0, 0.05) is 0 Å². The normalized spacial score (nSPS) is 13.6. The average Bonchev–Trinajstić information content (AvgIpc) is 2.36. The standard InChI is InChI=1S/C15H32O4S/c1-3-5-7-8-9-10-12-14-15(13-11-6-4-2)19-20(16,17)18/h15H,3-14H2,1-2H3,(H,16,17,18). The van der Waals surface area contributed by atoms with Gasteiger partial charge in [0.25, 0.3) is 0 Å². The Labute approximate surface area is 125 Å². The van der Waals surface area contributed by atoms with Crippen LogP contribution in [0.1, 0.15) is 90.9 Å². The largest absolute Gasteiger partial charge is 0.397 e. The summed E-state index contributed by atoms with van der Waals surface area (Å²) in [4.78, 5) is 0. The van der Waals surface area contributed by atoms with Gasteiger partial charge in [-0.15, -0.1) is 0 Å². The van der Waals surface area contributed by atoms with Crippen molar-refractivity contribution in [2.45, 2.75) is 97.0 Å². The molecule has 0 aromatic heterocycles. The molecule has 20 heavy (non-hydrogen) atoms. The van der Waals surface area contributed by atoms with Crippen LogP contribution in [0.2, 0.25) is 0 Å². The van der Waals surface area contributed by atoms with E-state index in [0.29, 0.717) is 6.42 Å². The van der Waals surface area contributed by atoms with Gasteiger partial charge in [0.15, 0.2) is 0 Å². The first-order valence-corrected chi connectivity index (χ1v) is 9.51. The lowest BCUT2D eigenvalue weighted by Crippen LogP contribution is -2.18. The molecular formula is C15H32O4S. The summed E-state index contributed by atoms with van der Waals surface area (Å²) in [6, 6.07) is 0. The van der Waals surface area contributed by atoms with Crippen molar-refractivity contribution in [2.75, 3.05) is 0 Å². The van der Waals surface area contributed by atoms with Gasteiger partial charge in [-0.2, -0.15) is 8.42 Å². The minimum atomic E-state index is -4.32. The Kier molecular flexibility index (Phi) is 12.5. The highest BCUT2D eigenvalue weighted by molar-refractivity contribution is 7.80. The van der Waals surface area contributed by atoms with Crippen LogP contribution in [0.25, 0.3) is 0 Å². The molecule has 0 aliphatic rings. The molecule has 0 fully saturated rings. The predicted octanol–water partition coefficient (Wildman–Crippen LogP) is 4.90. The third-order valence-electron chi connectivity index (χ3n) is 3.52. The summed E-state index contributed by atoms with van der Waals surface area (Å²) in [5.74, 6) is 0. The molecule has 1 atom stereocenters. The van der Waals surface area contributed by atoms with Crippen molar-refractivity contribution >= 4 is 10.4 Å². The smallest absolute Gasteiger partial charge is 0.264 e. The van der Waals surface area contributed by atoms with Gasteiger partial charge in [0.2, 0.25) is 0 Å². The Morgan fingerprint density at radius 2 is 1.20 bits per heavy atom. The van der Waals surface area contributed by atoms with Crippen molar-refractivity contribution in [1.82, 2.24) is 0 Å². The Balaban J connectivity index is 3.79. The van der Waals surface area contributed by atoms with Gasteiger partial charge in [-0.3, -0.25) is 4.55 Å². The molecule has 0 spiro atoms. The van der Waals surface area contributed by atoms with Crippen LogP contribution < -0.4 is 0 Å². The molecule has 0 heterocycles. The summed E-state index contributed by atoms with van der Waals surface area (Å²) in [6.07, 6.45) is 12.6. The molecule has 0 bridgehead atoms. The Morgan fingerprint density at radius 3 is 1.70 bits per heavy atom. The summed E-state index contributed by atoms with van der Waals surface area (Å²) < 4.78 is 35.2. The Morgan fingerprint density at radius 1 is 0.800 bits per heavy atom. The highest BCUT2D eigenvalue weighted by Crippen LogP contribution is 2.17.